The van der Waals surface area contributed by atoms with Crippen LogP contribution in [0.15, 0.2) is 84.9 Å². The van der Waals surface area contributed by atoms with E-state index in [9.17, 15) is 5.11 Å². The van der Waals surface area contributed by atoms with E-state index in [4.69, 9.17) is 11.6 Å². The normalized spacial score (nSPS) is 12.1. The lowest BCUT2D eigenvalue weighted by molar-refractivity contribution is 0.155. The molecule has 0 aromatic heterocycles. The molecule has 3 N–H and O–H groups in total. The van der Waals surface area contributed by atoms with Crippen molar-refractivity contribution in [2.24, 2.45) is 0 Å². The fourth-order valence-corrected chi connectivity index (χ4v) is 2.71. The van der Waals surface area contributed by atoms with Crippen molar-refractivity contribution in [3.8, 4) is 0 Å². The minimum atomic E-state index is -0.906. The molecule has 3 aromatic rings. The molecular weight excluding hydrogens is 320 g/mol. The highest BCUT2D eigenvalue weighted by Crippen LogP contribution is 2.22. The van der Waals surface area contributed by atoms with E-state index < -0.39 is 6.35 Å². The van der Waals surface area contributed by atoms with Crippen LogP contribution in [0.5, 0.6) is 0 Å². The van der Waals surface area contributed by atoms with E-state index in [1.165, 1.54) is 0 Å². The van der Waals surface area contributed by atoms with E-state index in [1.54, 1.807) is 12.1 Å². The van der Waals surface area contributed by atoms with Gasteiger partial charge in [-0.15, -0.1) is 0 Å². The summed E-state index contributed by atoms with van der Waals surface area (Å²) in [7, 11) is 0. The third kappa shape index (κ3) is 4.36. The highest BCUT2D eigenvalue weighted by Gasteiger charge is 2.17. The van der Waals surface area contributed by atoms with Crippen LogP contribution in [0.2, 0.25) is 5.02 Å². The lowest BCUT2D eigenvalue weighted by Crippen LogP contribution is -2.39. The molecule has 0 spiro atoms. The molecular formula is C20H19ClN2O. The molecule has 1 atom stereocenters. The van der Waals surface area contributed by atoms with Crippen LogP contribution in [-0.4, -0.2) is 11.5 Å². The molecule has 4 heteroatoms. The molecule has 3 rings (SSSR count). The predicted molar refractivity (Wildman–Crippen MR) is 98.9 cm³/mol. The van der Waals surface area contributed by atoms with Gasteiger partial charge in [0.25, 0.3) is 0 Å². The van der Waals surface area contributed by atoms with E-state index in [0.29, 0.717) is 5.02 Å². The summed E-state index contributed by atoms with van der Waals surface area (Å²) in [6, 6.07) is 27.2. The summed E-state index contributed by atoms with van der Waals surface area (Å²) in [6.45, 7) is 0. The van der Waals surface area contributed by atoms with Gasteiger partial charge in [0, 0.05) is 10.7 Å². The first kappa shape index (κ1) is 16.5. The molecule has 0 fully saturated rings. The van der Waals surface area contributed by atoms with Crippen LogP contribution in [0.25, 0.3) is 0 Å². The van der Waals surface area contributed by atoms with E-state index in [-0.39, 0.29) is 6.04 Å². The molecule has 3 aromatic carbocycles. The number of hydrogen-bond acceptors (Lipinski definition) is 3. The van der Waals surface area contributed by atoms with Crippen molar-refractivity contribution in [2.75, 3.05) is 5.32 Å². The van der Waals surface area contributed by atoms with Crippen molar-refractivity contribution in [1.29, 1.82) is 0 Å². The smallest absolute Gasteiger partial charge is 0.182 e. The molecule has 0 radical (unpaired) electrons. The molecule has 0 aliphatic carbocycles. The van der Waals surface area contributed by atoms with Gasteiger partial charge in [-0.2, -0.15) is 0 Å². The van der Waals surface area contributed by atoms with Gasteiger partial charge in [0.1, 0.15) is 0 Å². The molecule has 0 heterocycles. The SMILES string of the molecule is OC(Nc1ccc(Cl)cc1)NC(c1ccccc1)c1ccccc1. The number of rotatable bonds is 6. The topological polar surface area (TPSA) is 44.3 Å². The third-order valence-corrected chi connectivity index (χ3v) is 3.99. The largest absolute Gasteiger partial charge is 0.361 e. The lowest BCUT2D eigenvalue weighted by Gasteiger charge is -2.24. The van der Waals surface area contributed by atoms with Gasteiger partial charge in [-0.1, -0.05) is 72.3 Å². The average Bonchev–Trinajstić information content (AvgIpc) is 2.63. The van der Waals surface area contributed by atoms with Crippen LogP contribution in [-0.2, 0) is 0 Å². The van der Waals surface area contributed by atoms with Crippen LogP contribution < -0.4 is 10.6 Å². The quantitative estimate of drug-likeness (QED) is 0.583. The maximum absolute atomic E-state index is 10.4. The number of aliphatic hydroxyl groups excluding tert-OH is 1. The van der Waals surface area contributed by atoms with Gasteiger partial charge in [-0.05, 0) is 35.4 Å². The minimum absolute atomic E-state index is 0.123. The Morgan fingerprint density at radius 3 is 1.71 bits per heavy atom. The molecule has 0 aliphatic heterocycles. The van der Waals surface area contributed by atoms with Crippen LogP contribution in [0, 0.1) is 0 Å². The van der Waals surface area contributed by atoms with Gasteiger partial charge in [-0.25, -0.2) is 0 Å². The van der Waals surface area contributed by atoms with Gasteiger partial charge in [0.15, 0.2) is 6.35 Å². The molecule has 3 nitrogen and oxygen atoms in total. The summed E-state index contributed by atoms with van der Waals surface area (Å²) in [5, 5.41) is 17.3. The van der Waals surface area contributed by atoms with E-state index in [0.717, 1.165) is 16.8 Å². The Kier molecular flexibility index (Phi) is 5.49. The zero-order valence-electron chi connectivity index (χ0n) is 13.1. The monoisotopic (exact) mass is 338 g/mol. The summed E-state index contributed by atoms with van der Waals surface area (Å²) in [5.74, 6) is 0. The maximum Gasteiger partial charge on any atom is 0.182 e. The van der Waals surface area contributed by atoms with Gasteiger partial charge in [0.05, 0.1) is 6.04 Å². The van der Waals surface area contributed by atoms with Crippen molar-refractivity contribution >= 4 is 17.3 Å². The fourth-order valence-electron chi connectivity index (χ4n) is 2.58. The zero-order chi connectivity index (χ0) is 16.8. The number of halogens is 1. The molecule has 0 saturated heterocycles. The van der Waals surface area contributed by atoms with Crippen LogP contribution in [0.4, 0.5) is 5.69 Å². The summed E-state index contributed by atoms with van der Waals surface area (Å²) in [5.41, 5.74) is 2.96. The molecule has 0 amide bonds. The summed E-state index contributed by atoms with van der Waals surface area (Å²) in [6.07, 6.45) is -0.906. The predicted octanol–water partition coefficient (Wildman–Crippen LogP) is 4.41. The number of aliphatic hydroxyl groups is 1. The molecule has 24 heavy (non-hydrogen) atoms. The van der Waals surface area contributed by atoms with E-state index in [1.807, 2.05) is 72.8 Å². The molecule has 0 aliphatic rings. The number of benzene rings is 3. The number of anilines is 1. The van der Waals surface area contributed by atoms with Crippen LogP contribution in [0.1, 0.15) is 17.2 Å². The van der Waals surface area contributed by atoms with E-state index in [2.05, 4.69) is 10.6 Å². The zero-order valence-corrected chi connectivity index (χ0v) is 13.8. The van der Waals surface area contributed by atoms with Crippen molar-refractivity contribution in [3.05, 3.63) is 101 Å². The highest BCUT2D eigenvalue weighted by atomic mass is 35.5. The maximum atomic E-state index is 10.4. The molecule has 122 valence electrons. The molecule has 1 unspecified atom stereocenters. The Morgan fingerprint density at radius 2 is 1.21 bits per heavy atom. The lowest BCUT2D eigenvalue weighted by atomic mass is 9.99. The highest BCUT2D eigenvalue weighted by molar-refractivity contribution is 6.30. The van der Waals surface area contributed by atoms with Crippen molar-refractivity contribution in [2.45, 2.75) is 12.4 Å². The van der Waals surface area contributed by atoms with Crippen molar-refractivity contribution in [1.82, 2.24) is 5.32 Å². The summed E-state index contributed by atoms with van der Waals surface area (Å²) in [4.78, 5) is 0. The summed E-state index contributed by atoms with van der Waals surface area (Å²) < 4.78 is 0. The Labute approximate surface area is 146 Å². The fraction of sp³-hybridized carbons (Fsp3) is 0.100. The molecule has 0 bridgehead atoms. The van der Waals surface area contributed by atoms with Gasteiger partial charge in [0.2, 0.25) is 0 Å². The van der Waals surface area contributed by atoms with Crippen molar-refractivity contribution in [3.63, 3.8) is 0 Å². The van der Waals surface area contributed by atoms with Crippen LogP contribution >= 0.6 is 11.6 Å². The first-order valence-electron chi connectivity index (χ1n) is 7.78. The van der Waals surface area contributed by atoms with Crippen LogP contribution in [0.3, 0.4) is 0 Å². The summed E-state index contributed by atoms with van der Waals surface area (Å²) >= 11 is 5.89. The second-order valence-corrected chi connectivity index (χ2v) is 5.91. The molecule has 0 saturated carbocycles. The third-order valence-electron chi connectivity index (χ3n) is 3.74. The Bertz CT molecular complexity index is 708. The van der Waals surface area contributed by atoms with Crippen molar-refractivity contribution < 1.29 is 5.11 Å². The average molecular weight is 339 g/mol. The standard InChI is InChI=1S/C20H19ClN2O/c21-17-11-13-18(14-12-17)22-20(24)23-19(15-7-3-1-4-8-15)16-9-5-2-6-10-16/h1-14,19-20,22-24H. The van der Waals surface area contributed by atoms with Gasteiger partial charge >= 0.3 is 0 Å². The Balaban J connectivity index is 1.77. The first-order chi connectivity index (χ1) is 11.7. The minimum Gasteiger partial charge on any atom is -0.361 e. The Hall–Kier alpha value is -2.33. The first-order valence-corrected chi connectivity index (χ1v) is 8.16. The van der Waals surface area contributed by atoms with E-state index >= 15 is 0 Å². The Morgan fingerprint density at radius 1 is 0.708 bits per heavy atom. The number of hydrogen-bond donors (Lipinski definition) is 3. The van der Waals surface area contributed by atoms with Gasteiger partial charge in [-0.3, -0.25) is 5.32 Å². The van der Waals surface area contributed by atoms with Gasteiger partial charge < -0.3 is 10.4 Å². The second kappa shape index (κ2) is 7.97. The number of nitrogens with one attached hydrogen (secondary N) is 2. The second-order valence-electron chi connectivity index (χ2n) is 5.47.